The van der Waals surface area contributed by atoms with Gasteiger partial charge < -0.3 is 5.73 Å². The number of thiocarbonyl (C=S) groups is 1. The third-order valence-electron chi connectivity index (χ3n) is 2.25. The Balaban J connectivity index is 2.48. The van der Waals surface area contributed by atoms with Crippen LogP contribution in [0.4, 0.5) is 0 Å². The zero-order valence-corrected chi connectivity index (χ0v) is 12.9. The number of nitrogens with two attached hydrogens (primary N) is 1. The van der Waals surface area contributed by atoms with E-state index in [4.69, 9.17) is 18.0 Å². The van der Waals surface area contributed by atoms with Crippen molar-refractivity contribution in [2.24, 2.45) is 5.73 Å². The standard InChI is InChI=1S/C11H15BrN2O2S2/c12-9-4-3-5-10(8-9)18(15,16)14-7-2-1-6-11(13)17/h3-5,8,14H,1-2,6-7H2,(H2,13,17). The second-order valence-electron chi connectivity index (χ2n) is 3.78. The number of sulfonamides is 1. The molecule has 0 saturated heterocycles. The molecular weight excluding hydrogens is 336 g/mol. The van der Waals surface area contributed by atoms with Gasteiger partial charge in [0.2, 0.25) is 10.0 Å². The van der Waals surface area contributed by atoms with Crippen LogP contribution in [0.5, 0.6) is 0 Å². The van der Waals surface area contributed by atoms with Crippen LogP contribution in [0, 0.1) is 0 Å². The van der Waals surface area contributed by atoms with E-state index in [1.807, 2.05) is 0 Å². The van der Waals surface area contributed by atoms with Gasteiger partial charge in [-0.25, -0.2) is 13.1 Å². The van der Waals surface area contributed by atoms with Crippen molar-refractivity contribution in [3.8, 4) is 0 Å². The monoisotopic (exact) mass is 350 g/mol. The number of nitrogens with one attached hydrogen (secondary N) is 1. The van der Waals surface area contributed by atoms with E-state index in [1.54, 1.807) is 24.3 Å². The molecule has 100 valence electrons. The Morgan fingerprint density at radius 1 is 1.39 bits per heavy atom. The fourth-order valence-electron chi connectivity index (χ4n) is 1.35. The van der Waals surface area contributed by atoms with Crippen LogP contribution in [0.15, 0.2) is 33.6 Å². The van der Waals surface area contributed by atoms with E-state index in [9.17, 15) is 8.42 Å². The van der Waals surface area contributed by atoms with Crippen molar-refractivity contribution in [1.82, 2.24) is 4.72 Å². The van der Waals surface area contributed by atoms with Crippen LogP contribution in [0.3, 0.4) is 0 Å². The van der Waals surface area contributed by atoms with Gasteiger partial charge in [-0.05, 0) is 37.5 Å². The average Bonchev–Trinajstić information content (AvgIpc) is 2.28. The minimum Gasteiger partial charge on any atom is -0.393 e. The summed E-state index contributed by atoms with van der Waals surface area (Å²) >= 11 is 7.99. The third-order valence-corrected chi connectivity index (χ3v) is 4.40. The Morgan fingerprint density at radius 2 is 2.11 bits per heavy atom. The summed E-state index contributed by atoms with van der Waals surface area (Å²) in [5, 5.41) is 0. The van der Waals surface area contributed by atoms with Gasteiger partial charge in [-0.1, -0.05) is 34.2 Å². The Hall–Kier alpha value is -0.500. The fraction of sp³-hybridized carbons (Fsp3) is 0.364. The van der Waals surface area contributed by atoms with E-state index in [0.717, 1.165) is 10.9 Å². The Morgan fingerprint density at radius 3 is 2.72 bits per heavy atom. The van der Waals surface area contributed by atoms with Gasteiger partial charge in [0.05, 0.1) is 9.88 Å². The average molecular weight is 351 g/mol. The number of rotatable bonds is 7. The van der Waals surface area contributed by atoms with Crippen LogP contribution in [0.25, 0.3) is 0 Å². The van der Waals surface area contributed by atoms with Crippen molar-refractivity contribution in [1.29, 1.82) is 0 Å². The predicted molar refractivity (Wildman–Crippen MR) is 80.0 cm³/mol. The maximum absolute atomic E-state index is 11.9. The molecule has 1 aromatic rings. The Bertz CT molecular complexity index is 518. The van der Waals surface area contributed by atoms with E-state index >= 15 is 0 Å². The number of hydrogen-bond acceptors (Lipinski definition) is 3. The smallest absolute Gasteiger partial charge is 0.240 e. The lowest BCUT2D eigenvalue weighted by Gasteiger charge is -2.06. The van der Waals surface area contributed by atoms with Gasteiger partial charge in [-0.15, -0.1) is 0 Å². The summed E-state index contributed by atoms with van der Waals surface area (Å²) in [6.45, 7) is 0.386. The first kappa shape index (κ1) is 15.6. The highest BCUT2D eigenvalue weighted by atomic mass is 79.9. The molecule has 0 spiro atoms. The van der Waals surface area contributed by atoms with Crippen molar-refractivity contribution < 1.29 is 8.42 Å². The second-order valence-corrected chi connectivity index (χ2v) is 6.99. The van der Waals surface area contributed by atoms with Gasteiger partial charge in [0.15, 0.2) is 0 Å². The molecule has 0 aliphatic carbocycles. The quantitative estimate of drug-likeness (QED) is 0.583. The molecule has 0 amide bonds. The van der Waals surface area contributed by atoms with Crippen molar-refractivity contribution in [3.05, 3.63) is 28.7 Å². The lowest BCUT2D eigenvalue weighted by Crippen LogP contribution is -2.25. The van der Waals surface area contributed by atoms with Crippen LogP contribution in [0.2, 0.25) is 0 Å². The molecule has 1 aromatic carbocycles. The highest BCUT2D eigenvalue weighted by Gasteiger charge is 2.12. The first-order valence-corrected chi connectivity index (χ1v) is 8.14. The summed E-state index contributed by atoms with van der Waals surface area (Å²) in [4.78, 5) is 0.719. The number of halogens is 1. The Labute approximate surface area is 121 Å². The van der Waals surface area contributed by atoms with Crippen LogP contribution in [-0.4, -0.2) is 20.0 Å². The molecule has 4 nitrogen and oxygen atoms in total. The predicted octanol–water partition coefficient (Wildman–Crippen LogP) is 2.18. The van der Waals surface area contributed by atoms with Crippen molar-refractivity contribution in [3.63, 3.8) is 0 Å². The van der Waals surface area contributed by atoms with Crippen molar-refractivity contribution in [2.75, 3.05) is 6.54 Å². The highest BCUT2D eigenvalue weighted by molar-refractivity contribution is 9.10. The summed E-state index contributed by atoms with van der Waals surface area (Å²) in [7, 11) is -3.43. The fourth-order valence-corrected chi connectivity index (χ4v) is 3.16. The van der Waals surface area contributed by atoms with Gasteiger partial charge in [-0.3, -0.25) is 0 Å². The van der Waals surface area contributed by atoms with Gasteiger partial charge >= 0.3 is 0 Å². The molecule has 0 aromatic heterocycles. The van der Waals surface area contributed by atoms with Gasteiger partial charge in [-0.2, -0.15) is 0 Å². The van der Waals surface area contributed by atoms with E-state index in [1.165, 1.54) is 0 Å². The maximum atomic E-state index is 11.9. The molecular formula is C11H15BrN2O2S2. The highest BCUT2D eigenvalue weighted by Crippen LogP contribution is 2.15. The van der Waals surface area contributed by atoms with E-state index < -0.39 is 10.0 Å². The molecule has 0 atom stereocenters. The molecule has 3 N–H and O–H groups in total. The molecule has 0 fully saturated rings. The summed E-state index contributed by atoms with van der Waals surface area (Å²) in [6, 6.07) is 6.59. The molecule has 0 radical (unpaired) electrons. The lowest BCUT2D eigenvalue weighted by atomic mass is 10.2. The number of unbranched alkanes of at least 4 members (excludes halogenated alkanes) is 1. The molecule has 0 unspecified atom stereocenters. The van der Waals surface area contributed by atoms with E-state index in [0.29, 0.717) is 24.4 Å². The first-order chi connectivity index (χ1) is 8.42. The van der Waals surface area contributed by atoms with Crippen molar-refractivity contribution in [2.45, 2.75) is 24.2 Å². The minimum absolute atomic E-state index is 0.256. The molecule has 0 saturated carbocycles. The molecule has 1 rings (SSSR count). The van der Waals surface area contributed by atoms with Gasteiger partial charge in [0.1, 0.15) is 0 Å². The summed E-state index contributed by atoms with van der Waals surface area (Å²) < 4.78 is 27.1. The van der Waals surface area contributed by atoms with E-state index in [-0.39, 0.29) is 4.90 Å². The Kier molecular flexibility index (Phi) is 6.20. The second kappa shape index (κ2) is 7.18. The normalized spacial score (nSPS) is 11.4. The summed E-state index contributed by atoms with van der Waals surface area (Å²) in [5.41, 5.74) is 5.36. The topological polar surface area (TPSA) is 72.2 Å². The van der Waals surface area contributed by atoms with E-state index in [2.05, 4.69) is 20.7 Å². The largest absolute Gasteiger partial charge is 0.393 e. The molecule has 0 aliphatic heterocycles. The van der Waals surface area contributed by atoms with Crippen molar-refractivity contribution >= 4 is 43.2 Å². The number of benzene rings is 1. The SMILES string of the molecule is NC(=S)CCCCNS(=O)(=O)c1cccc(Br)c1. The maximum Gasteiger partial charge on any atom is 0.240 e. The molecule has 0 bridgehead atoms. The molecule has 18 heavy (non-hydrogen) atoms. The number of hydrogen-bond donors (Lipinski definition) is 2. The van der Waals surface area contributed by atoms with Crippen LogP contribution in [-0.2, 0) is 10.0 Å². The third kappa shape index (κ3) is 5.43. The van der Waals surface area contributed by atoms with Crippen LogP contribution < -0.4 is 10.5 Å². The molecule has 0 aliphatic rings. The minimum atomic E-state index is -3.43. The molecule has 7 heteroatoms. The zero-order chi connectivity index (χ0) is 13.6. The van der Waals surface area contributed by atoms with Crippen LogP contribution in [0.1, 0.15) is 19.3 Å². The zero-order valence-electron chi connectivity index (χ0n) is 9.73. The summed E-state index contributed by atoms with van der Waals surface area (Å²) in [5.74, 6) is 0. The lowest BCUT2D eigenvalue weighted by molar-refractivity contribution is 0.577. The van der Waals surface area contributed by atoms with Crippen LogP contribution >= 0.6 is 28.1 Å². The van der Waals surface area contributed by atoms with Gasteiger partial charge in [0, 0.05) is 11.0 Å². The molecule has 0 heterocycles. The first-order valence-electron chi connectivity index (χ1n) is 5.45. The summed E-state index contributed by atoms with van der Waals surface area (Å²) in [6.07, 6.45) is 2.15. The van der Waals surface area contributed by atoms with Gasteiger partial charge in [0.25, 0.3) is 0 Å².